The highest BCUT2D eigenvalue weighted by molar-refractivity contribution is 5.64. The van der Waals surface area contributed by atoms with Gasteiger partial charge in [-0.1, -0.05) is 0 Å². The Morgan fingerprint density at radius 1 is 0.903 bits per heavy atom. The van der Waals surface area contributed by atoms with Gasteiger partial charge in [0.1, 0.15) is 11.6 Å². The molecule has 3 heterocycles. The summed E-state index contributed by atoms with van der Waals surface area (Å²) in [5.41, 5.74) is 1.77. The molecule has 164 valence electrons. The number of nitrogens with zero attached hydrogens (tertiary/aromatic N) is 5. The fraction of sp³-hybridized carbons (Fsp3) is 0.381. The van der Waals surface area contributed by atoms with E-state index in [1.807, 2.05) is 37.3 Å². The van der Waals surface area contributed by atoms with Crippen LogP contribution in [-0.2, 0) is 0 Å². The molecular formula is C21H28N8O2. The number of anilines is 5. The average Bonchev–Trinajstić information content (AvgIpc) is 3.18. The quantitative estimate of drug-likeness (QED) is 0.528. The van der Waals surface area contributed by atoms with Gasteiger partial charge in [0.25, 0.3) is 0 Å². The molecule has 0 atom stereocenters. The van der Waals surface area contributed by atoms with Crippen LogP contribution in [0.15, 0.2) is 30.3 Å². The van der Waals surface area contributed by atoms with Gasteiger partial charge in [-0.15, -0.1) is 0 Å². The molecule has 1 aliphatic rings. The number of ether oxygens (including phenoxy) is 2. The Hall–Kier alpha value is -3.53. The van der Waals surface area contributed by atoms with Crippen molar-refractivity contribution in [1.82, 2.24) is 25.1 Å². The Balaban J connectivity index is 1.63. The van der Waals surface area contributed by atoms with Gasteiger partial charge in [-0.3, -0.25) is 5.10 Å². The molecule has 3 N–H and O–H groups in total. The second-order valence-electron chi connectivity index (χ2n) is 7.48. The zero-order valence-electron chi connectivity index (χ0n) is 18.3. The second kappa shape index (κ2) is 9.09. The van der Waals surface area contributed by atoms with E-state index in [1.165, 1.54) is 0 Å². The molecular weight excluding hydrogens is 396 g/mol. The van der Waals surface area contributed by atoms with Gasteiger partial charge < -0.3 is 29.9 Å². The van der Waals surface area contributed by atoms with E-state index in [0.717, 1.165) is 43.4 Å². The normalized spacial score (nSPS) is 14.4. The van der Waals surface area contributed by atoms with E-state index in [4.69, 9.17) is 14.5 Å². The van der Waals surface area contributed by atoms with Crippen LogP contribution < -0.4 is 25.0 Å². The monoisotopic (exact) mass is 424 g/mol. The second-order valence-corrected chi connectivity index (χ2v) is 7.48. The molecule has 0 spiro atoms. The van der Waals surface area contributed by atoms with E-state index in [-0.39, 0.29) is 0 Å². The van der Waals surface area contributed by atoms with Crippen molar-refractivity contribution >= 4 is 29.1 Å². The molecule has 4 rings (SSSR count). The van der Waals surface area contributed by atoms with E-state index < -0.39 is 0 Å². The number of rotatable bonds is 7. The molecule has 1 aromatic carbocycles. The molecule has 0 amide bonds. The SMILES string of the molecule is COc1ccc(Nc2nc(Nc3cc(C)[nH]n3)cc(N3CCN(C)CC3)n2)cc1OC. The number of aryl methyl sites for hydroxylation is 1. The summed E-state index contributed by atoms with van der Waals surface area (Å²) >= 11 is 0. The van der Waals surface area contributed by atoms with E-state index in [1.54, 1.807) is 14.2 Å². The molecule has 2 aromatic heterocycles. The molecule has 3 aromatic rings. The van der Waals surface area contributed by atoms with Crippen molar-refractivity contribution in [1.29, 1.82) is 0 Å². The number of benzene rings is 1. The van der Waals surface area contributed by atoms with Crippen LogP contribution in [0.2, 0.25) is 0 Å². The molecule has 0 saturated carbocycles. The maximum Gasteiger partial charge on any atom is 0.231 e. The van der Waals surface area contributed by atoms with E-state index >= 15 is 0 Å². The predicted octanol–water partition coefficient (Wildman–Crippen LogP) is 2.76. The first-order valence-corrected chi connectivity index (χ1v) is 10.1. The number of hydrogen-bond donors (Lipinski definition) is 3. The largest absolute Gasteiger partial charge is 0.493 e. The predicted molar refractivity (Wildman–Crippen MR) is 121 cm³/mol. The first-order valence-electron chi connectivity index (χ1n) is 10.1. The number of aromatic nitrogens is 4. The minimum atomic E-state index is 0.485. The Morgan fingerprint density at radius 3 is 2.35 bits per heavy atom. The van der Waals surface area contributed by atoms with Gasteiger partial charge in [0.2, 0.25) is 5.95 Å². The number of hydrogen-bond acceptors (Lipinski definition) is 9. The minimum absolute atomic E-state index is 0.485. The van der Waals surface area contributed by atoms with Crippen molar-refractivity contribution in [2.45, 2.75) is 6.92 Å². The van der Waals surface area contributed by atoms with Crippen LogP contribution >= 0.6 is 0 Å². The standard InChI is InChI=1S/C21H28N8O2/c1-14-11-19(27-26-14)23-18-13-20(29-9-7-28(2)8-10-29)25-21(24-18)22-15-5-6-16(30-3)17(12-15)31-4/h5-6,11-13H,7-10H2,1-4H3,(H3,22,23,24,25,26,27). The lowest BCUT2D eigenvalue weighted by atomic mass is 10.2. The van der Waals surface area contributed by atoms with Crippen LogP contribution in [0.3, 0.4) is 0 Å². The summed E-state index contributed by atoms with van der Waals surface area (Å²) in [6.07, 6.45) is 0. The number of likely N-dealkylation sites (N-methyl/N-ethyl adjacent to an activating group) is 1. The first kappa shape index (κ1) is 20.7. The molecule has 0 aliphatic carbocycles. The summed E-state index contributed by atoms with van der Waals surface area (Å²) in [7, 11) is 5.36. The van der Waals surface area contributed by atoms with Crippen molar-refractivity contribution in [2.24, 2.45) is 0 Å². The third-order valence-electron chi connectivity index (χ3n) is 5.14. The Kier molecular flexibility index (Phi) is 6.08. The highest BCUT2D eigenvalue weighted by atomic mass is 16.5. The minimum Gasteiger partial charge on any atom is -0.493 e. The Bertz CT molecular complexity index is 1030. The number of methoxy groups -OCH3 is 2. The third kappa shape index (κ3) is 4.97. The van der Waals surface area contributed by atoms with Gasteiger partial charge in [0.15, 0.2) is 17.3 Å². The van der Waals surface area contributed by atoms with Gasteiger partial charge in [-0.25, -0.2) is 0 Å². The van der Waals surface area contributed by atoms with Crippen LogP contribution in [0.25, 0.3) is 0 Å². The first-order chi connectivity index (χ1) is 15.0. The van der Waals surface area contributed by atoms with Gasteiger partial charge in [-0.2, -0.15) is 15.1 Å². The highest BCUT2D eigenvalue weighted by Crippen LogP contribution is 2.31. The van der Waals surface area contributed by atoms with Crippen LogP contribution in [0, 0.1) is 6.92 Å². The molecule has 1 aliphatic heterocycles. The molecule has 1 saturated heterocycles. The topological polar surface area (TPSA) is 103 Å². The van der Waals surface area contributed by atoms with Gasteiger partial charge in [0, 0.05) is 55.8 Å². The summed E-state index contributed by atoms with van der Waals surface area (Å²) in [5.74, 6) is 4.01. The zero-order valence-corrected chi connectivity index (χ0v) is 18.3. The maximum atomic E-state index is 5.41. The van der Waals surface area contributed by atoms with E-state index in [2.05, 4.69) is 42.7 Å². The number of nitrogens with one attached hydrogen (secondary N) is 3. The molecule has 31 heavy (non-hydrogen) atoms. The van der Waals surface area contributed by atoms with Gasteiger partial charge >= 0.3 is 0 Å². The smallest absolute Gasteiger partial charge is 0.231 e. The van der Waals surface area contributed by atoms with Crippen molar-refractivity contribution < 1.29 is 9.47 Å². The average molecular weight is 425 g/mol. The van der Waals surface area contributed by atoms with Crippen molar-refractivity contribution in [2.75, 3.05) is 63.0 Å². The lowest BCUT2D eigenvalue weighted by Crippen LogP contribution is -2.44. The number of aromatic amines is 1. The lowest BCUT2D eigenvalue weighted by molar-refractivity contribution is 0.312. The summed E-state index contributed by atoms with van der Waals surface area (Å²) in [4.78, 5) is 14.0. The third-order valence-corrected chi connectivity index (χ3v) is 5.14. The van der Waals surface area contributed by atoms with E-state index in [0.29, 0.717) is 29.1 Å². The van der Waals surface area contributed by atoms with Crippen molar-refractivity contribution in [3.05, 3.63) is 36.0 Å². The fourth-order valence-corrected chi connectivity index (χ4v) is 3.41. The molecule has 10 nitrogen and oxygen atoms in total. The Morgan fingerprint density at radius 2 is 1.68 bits per heavy atom. The van der Waals surface area contributed by atoms with Crippen molar-refractivity contribution in [3.8, 4) is 11.5 Å². The van der Waals surface area contributed by atoms with E-state index in [9.17, 15) is 0 Å². The molecule has 0 bridgehead atoms. The van der Waals surface area contributed by atoms with Crippen LogP contribution in [0.5, 0.6) is 11.5 Å². The van der Waals surface area contributed by atoms with Crippen molar-refractivity contribution in [3.63, 3.8) is 0 Å². The summed E-state index contributed by atoms with van der Waals surface area (Å²) in [5, 5.41) is 13.7. The lowest BCUT2D eigenvalue weighted by Gasteiger charge is -2.33. The molecule has 10 heteroatoms. The number of piperazine rings is 1. The Labute approximate surface area is 181 Å². The van der Waals surface area contributed by atoms with Gasteiger partial charge in [-0.05, 0) is 26.1 Å². The molecule has 1 fully saturated rings. The fourth-order valence-electron chi connectivity index (χ4n) is 3.41. The summed E-state index contributed by atoms with van der Waals surface area (Å²) in [6, 6.07) is 9.48. The zero-order chi connectivity index (χ0) is 21.8. The molecule has 0 unspecified atom stereocenters. The summed E-state index contributed by atoms with van der Waals surface area (Å²) < 4.78 is 10.7. The van der Waals surface area contributed by atoms with Gasteiger partial charge in [0.05, 0.1) is 14.2 Å². The molecule has 0 radical (unpaired) electrons. The number of H-pyrrole nitrogens is 1. The highest BCUT2D eigenvalue weighted by Gasteiger charge is 2.18. The van der Waals surface area contributed by atoms with Crippen LogP contribution in [0.1, 0.15) is 5.69 Å². The van der Waals surface area contributed by atoms with Crippen LogP contribution in [-0.4, -0.2) is 72.5 Å². The summed E-state index contributed by atoms with van der Waals surface area (Å²) in [6.45, 7) is 5.75. The van der Waals surface area contributed by atoms with Crippen LogP contribution in [0.4, 0.5) is 29.1 Å². The maximum absolute atomic E-state index is 5.41.